The van der Waals surface area contributed by atoms with Crippen LogP contribution in [0.2, 0.25) is 0 Å². The topological polar surface area (TPSA) is 141 Å². The summed E-state index contributed by atoms with van der Waals surface area (Å²) in [6, 6.07) is 15.0. The molecule has 1 N–H and O–H groups in total. The largest absolute Gasteiger partial charge is 0.339 e. The maximum atomic E-state index is 12.7. The highest BCUT2D eigenvalue weighted by Crippen LogP contribution is 2.24. The van der Waals surface area contributed by atoms with Gasteiger partial charge in [0, 0.05) is 30.1 Å². The minimum Gasteiger partial charge on any atom is -0.339 e. The lowest BCUT2D eigenvalue weighted by Crippen LogP contribution is -2.14. The van der Waals surface area contributed by atoms with Crippen LogP contribution >= 0.6 is 0 Å². The van der Waals surface area contributed by atoms with Gasteiger partial charge in [-0.15, -0.1) is 0 Å². The number of hydrogen-bond acceptors (Lipinski definition) is 8. The summed E-state index contributed by atoms with van der Waals surface area (Å²) in [5.41, 5.74) is 1.46. The average Bonchev–Trinajstić information content (AvgIpc) is 3.24. The van der Waals surface area contributed by atoms with E-state index in [1.54, 1.807) is 48.8 Å². The number of pyridine rings is 1. The monoisotopic (exact) mass is 437 g/mol. The second kappa shape index (κ2) is 8.32. The number of benzene rings is 2. The van der Waals surface area contributed by atoms with Crippen LogP contribution in [0.4, 0.5) is 11.4 Å². The number of hydrogen-bond donors (Lipinski definition) is 1. The van der Waals surface area contributed by atoms with Crippen molar-refractivity contribution in [3.63, 3.8) is 0 Å². The quantitative estimate of drug-likeness (QED) is 0.342. The molecule has 156 valence electrons. The molecule has 0 atom stereocenters. The fraction of sp³-hybridized carbons (Fsp3) is 0.0500. The minimum atomic E-state index is -3.96. The van der Waals surface area contributed by atoms with E-state index in [4.69, 9.17) is 4.52 Å². The van der Waals surface area contributed by atoms with E-state index in [2.05, 4.69) is 19.8 Å². The van der Waals surface area contributed by atoms with E-state index in [1.165, 1.54) is 12.1 Å². The third-order valence-electron chi connectivity index (χ3n) is 4.35. The molecule has 0 aliphatic rings. The Morgan fingerprint density at radius 2 is 1.81 bits per heavy atom. The van der Waals surface area contributed by atoms with Crippen LogP contribution in [-0.4, -0.2) is 28.5 Å². The number of anilines is 1. The van der Waals surface area contributed by atoms with Crippen LogP contribution in [-0.2, 0) is 16.4 Å². The van der Waals surface area contributed by atoms with E-state index in [-0.39, 0.29) is 17.0 Å². The summed E-state index contributed by atoms with van der Waals surface area (Å²) < 4.78 is 33.3. The Morgan fingerprint density at radius 1 is 1.03 bits per heavy atom. The fourth-order valence-corrected chi connectivity index (χ4v) is 3.93. The molecule has 2 aromatic heterocycles. The summed E-state index contributed by atoms with van der Waals surface area (Å²) in [7, 11) is -3.96. The molecule has 0 spiro atoms. The zero-order valence-electron chi connectivity index (χ0n) is 15.9. The van der Waals surface area contributed by atoms with Crippen LogP contribution in [0.5, 0.6) is 0 Å². The molecule has 0 amide bonds. The number of nitrogens with zero attached hydrogens (tertiary/aromatic N) is 4. The summed E-state index contributed by atoms with van der Waals surface area (Å²) in [5, 5.41) is 14.7. The van der Waals surface area contributed by atoms with Crippen LogP contribution in [0, 0.1) is 10.1 Å². The Hall–Kier alpha value is -4.12. The zero-order chi connectivity index (χ0) is 21.8. The molecule has 0 saturated carbocycles. The van der Waals surface area contributed by atoms with Crippen LogP contribution in [0.3, 0.4) is 0 Å². The molecule has 0 bridgehead atoms. The van der Waals surface area contributed by atoms with Crippen LogP contribution in [0.15, 0.2) is 82.5 Å². The molecular weight excluding hydrogens is 422 g/mol. The van der Waals surface area contributed by atoms with Crippen molar-refractivity contribution in [3.05, 3.63) is 94.6 Å². The highest BCUT2D eigenvalue weighted by molar-refractivity contribution is 7.92. The van der Waals surface area contributed by atoms with Gasteiger partial charge in [0.25, 0.3) is 15.7 Å². The predicted octanol–water partition coefficient (Wildman–Crippen LogP) is 3.43. The predicted molar refractivity (Wildman–Crippen MR) is 111 cm³/mol. The molecule has 0 radical (unpaired) electrons. The molecule has 4 rings (SSSR count). The SMILES string of the molecule is O=[N+]([O-])c1ccc(S(=O)(=O)Nc2ccccc2Cc2nc(-c3cccnc3)no2)cc1. The second-order valence-electron chi connectivity index (χ2n) is 6.44. The number of aromatic nitrogens is 3. The number of rotatable bonds is 7. The van der Waals surface area contributed by atoms with E-state index in [9.17, 15) is 18.5 Å². The third-order valence-corrected chi connectivity index (χ3v) is 5.73. The Balaban J connectivity index is 1.56. The van der Waals surface area contributed by atoms with Gasteiger partial charge in [0.2, 0.25) is 11.7 Å². The van der Waals surface area contributed by atoms with Gasteiger partial charge >= 0.3 is 0 Å². The molecule has 0 aliphatic heterocycles. The first-order valence-corrected chi connectivity index (χ1v) is 10.5. The van der Waals surface area contributed by atoms with Gasteiger partial charge in [-0.2, -0.15) is 4.98 Å². The molecule has 0 saturated heterocycles. The molecule has 11 heteroatoms. The second-order valence-corrected chi connectivity index (χ2v) is 8.13. The zero-order valence-corrected chi connectivity index (χ0v) is 16.7. The number of non-ortho nitro benzene ring substituents is 1. The number of sulfonamides is 1. The van der Waals surface area contributed by atoms with Gasteiger partial charge < -0.3 is 4.52 Å². The summed E-state index contributed by atoms with van der Waals surface area (Å²) in [4.78, 5) is 18.4. The highest BCUT2D eigenvalue weighted by Gasteiger charge is 2.18. The number of nitro groups is 1. The van der Waals surface area contributed by atoms with Crippen molar-refractivity contribution in [3.8, 4) is 11.4 Å². The molecule has 0 unspecified atom stereocenters. The number of para-hydroxylation sites is 1. The van der Waals surface area contributed by atoms with Crippen LogP contribution in [0.1, 0.15) is 11.5 Å². The molecule has 10 nitrogen and oxygen atoms in total. The van der Waals surface area contributed by atoms with Crippen molar-refractivity contribution in [2.24, 2.45) is 0 Å². The van der Waals surface area contributed by atoms with Crippen LogP contribution < -0.4 is 4.72 Å². The maximum absolute atomic E-state index is 12.7. The fourth-order valence-electron chi connectivity index (χ4n) is 2.83. The number of nitro benzene ring substituents is 1. The van der Waals surface area contributed by atoms with E-state index in [0.717, 1.165) is 12.1 Å². The van der Waals surface area contributed by atoms with Crippen molar-refractivity contribution in [1.29, 1.82) is 0 Å². The molecule has 4 aromatic rings. The molecular formula is C20H15N5O5S. The molecule has 31 heavy (non-hydrogen) atoms. The third kappa shape index (κ3) is 4.56. The van der Waals surface area contributed by atoms with Crippen molar-refractivity contribution >= 4 is 21.4 Å². The van der Waals surface area contributed by atoms with Crippen LogP contribution in [0.25, 0.3) is 11.4 Å². The average molecular weight is 437 g/mol. The van der Waals surface area contributed by atoms with Gasteiger partial charge in [-0.1, -0.05) is 23.4 Å². The van der Waals surface area contributed by atoms with E-state index in [0.29, 0.717) is 28.5 Å². The lowest BCUT2D eigenvalue weighted by molar-refractivity contribution is -0.384. The highest BCUT2D eigenvalue weighted by atomic mass is 32.2. The first-order valence-electron chi connectivity index (χ1n) is 9.00. The lowest BCUT2D eigenvalue weighted by atomic mass is 10.1. The molecule has 0 fully saturated rings. The standard InChI is InChI=1S/C20H15N5O5S/c26-25(27)16-7-9-17(10-8-16)31(28,29)24-18-6-2-1-4-14(18)12-19-22-20(23-30-19)15-5-3-11-21-13-15/h1-11,13,24H,12H2. The molecule has 0 aliphatic carbocycles. The first kappa shape index (κ1) is 20.2. The Bertz CT molecular complexity index is 1320. The Kier molecular flexibility index (Phi) is 5.41. The van der Waals surface area contributed by atoms with Crippen molar-refractivity contribution < 1.29 is 17.9 Å². The van der Waals surface area contributed by atoms with Crippen molar-refractivity contribution in [1.82, 2.24) is 15.1 Å². The van der Waals surface area contributed by atoms with Gasteiger partial charge in [0.1, 0.15) is 0 Å². The van der Waals surface area contributed by atoms with Gasteiger partial charge in [-0.3, -0.25) is 19.8 Å². The summed E-state index contributed by atoms with van der Waals surface area (Å²) in [6.45, 7) is 0. The van der Waals surface area contributed by atoms with Gasteiger partial charge in [-0.05, 0) is 35.9 Å². The normalized spacial score (nSPS) is 11.2. The molecule has 2 heterocycles. The van der Waals surface area contributed by atoms with Crippen molar-refractivity contribution in [2.45, 2.75) is 11.3 Å². The Morgan fingerprint density at radius 3 is 2.52 bits per heavy atom. The molecule has 2 aromatic carbocycles. The summed E-state index contributed by atoms with van der Waals surface area (Å²) >= 11 is 0. The van der Waals surface area contributed by atoms with E-state index < -0.39 is 14.9 Å². The maximum Gasteiger partial charge on any atom is 0.269 e. The smallest absolute Gasteiger partial charge is 0.269 e. The van der Waals surface area contributed by atoms with Crippen molar-refractivity contribution in [2.75, 3.05) is 4.72 Å². The van der Waals surface area contributed by atoms with E-state index >= 15 is 0 Å². The summed E-state index contributed by atoms with van der Waals surface area (Å²) in [6.07, 6.45) is 3.45. The number of nitrogens with one attached hydrogen (secondary N) is 1. The van der Waals surface area contributed by atoms with Gasteiger partial charge in [0.15, 0.2) is 0 Å². The van der Waals surface area contributed by atoms with Gasteiger partial charge in [-0.25, -0.2) is 8.42 Å². The lowest BCUT2D eigenvalue weighted by Gasteiger charge is -2.11. The minimum absolute atomic E-state index is 0.0930. The van der Waals surface area contributed by atoms with Gasteiger partial charge in [0.05, 0.1) is 21.9 Å². The Labute approximate surface area is 176 Å². The summed E-state index contributed by atoms with van der Waals surface area (Å²) in [5.74, 6) is 0.688. The van der Waals surface area contributed by atoms with E-state index in [1.807, 2.05) is 0 Å². The first-order chi connectivity index (χ1) is 14.9.